The van der Waals surface area contributed by atoms with Gasteiger partial charge in [-0.15, -0.1) is 0 Å². The Kier molecular flexibility index (Phi) is 6.35. The highest BCUT2D eigenvalue weighted by Crippen LogP contribution is 2.23. The van der Waals surface area contributed by atoms with E-state index < -0.39 is 0 Å². The van der Waals surface area contributed by atoms with Crippen LogP contribution in [0.5, 0.6) is 0 Å². The van der Waals surface area contributed by atoms with Gasteiger partial charge in [0.2, 0.25) is 0 Å². The highest BCUT2D eigenvalue weighted by molar-refractivity contribution is 5.63. The molecule has 5 nitrogen and oxygen atoms in total. The molecule has 30 heavy (non-hydrogen) atoms. The standard InChI is InChI=1S/C24H28FN5/c1-26-23-14-21(28-24(29-23)22-4-3-13-27-22)16-30(2)15-17-5-7-18(8-6-17)19-9-11-20(25)12-10-19/h5-12,14,22,27H,3-4,13,15-16H2,1-2H3,(H,26,28,29)/t22-/m0/s1. The summed E-state index contributed by atoms with van der Waals surface area (Å²) in [6.07, 6.45) is 2.25. The molecular weight excluding hydrogens is 377 g/mol. The van der Waals surface area contributed by atoms with Crippen LogP contribution >= 0.6 is 0 Å². The molecule has 2 heterocycles. The quantitative estimate of drug-likeness (QED) is 0.611. The normalized spacial score (nSPS) is 16.2. The van der Waals surface area contributed by atoms with Gasteiger partial charge in [-0.25, -0.2) is 14.4 Å². The van der Waals surface area contributed by atoms with Gasteiger partial charge in [0.15, 0.2) is 0 Å². The minimum Gasteiger partial charge on any atom is -0.373 e. The first-order valence-corrected chi connectivity index (χ1v) is 10.4. The number of nitrogens with zero attached hydrogens (tertiary/aromatic N) is 3. The van der Waals surface area contributed by atoms with Crippen molar-refractivity contribution in [3.63, 3.8) is 0 Å². The van der Waals surface area contributed by atoms with E-state index in [0.717, 1.165) is 54.5 Å². The van der Waals surface area contributed by atoms with Gasteiger partial charge in [-0.1, -0.05) is 36.4 Å². The van der Waals surface area contributed by atoms with Crippen LogP contribution in [0.4, 0.5) is 10.2 Å². The van der Waals surface area contributed by atoms with Crippen LogP contribution in [0.1, 0.15) is 36.0 Å². The van der Waals surface area contributed by atoms with E-state index in [2.05, 4.69) is 51.8 Å². The van der Waals surface area contributed by atoms with Gasteiger partial charge < -0.3 is 10.6 Å². The highest BCUT2D eigenvalue weighted by Gasteiger charge is 2.20. The summed E-state index contributed by atoms with van der Waals surface area (Å²) in [6.45, 7) is 2.59. The molecule has 1 atom stereocenters. The molecule has 0 radical (unpaired) electrons. The molecule has 4 rings (SSSR count). The Hall–Kier alpha value is -2.83. The molecule has 2 aromatic carbocycles. The summed E-state index contributed by atoms with van der Waals surface area (Å²) in [6, 6.07) is 17.3. The number of benzene rings is 2. The molecule has 3 aromatic rings. The molecule has 156 valence electrons. The third-order valence-electron chi connectivity index (χ3n) is 5.44. The van der Waals surface area contributed by atoms with E-state index in [-0.39, 0.29) is 11.9 Å². The summed E-state index contributed by atoms with van der Waals surface area (Å²) in [5, 5.41) is 6.64. The van der Waals surface area contributed by atoms with Gasteiger partial charge >= 0.3 is 0 Å². The number of nitrogens with one attached hydrogen (secondary N) is 2. The van der Waals surface area contributed by atoms with E-state index in [1.807, 2.05) is 25.2 Å². The largest absolute Gasteiger partial charge is 0.373 e. The Morgan fingerprint density at radius 1 is 1.03 bits per heavy atom. The first kappa shape index (κ1) is 20.4. The minimum atomic E-state index is -0.213. The molecule has 1 saturated heterocycles. The van der Waals surface area contributed by atoms with Gasteiger partial charge in [0.1, 0.15) is 17.5 Å². The maximum absolute atomic E-state index is 13.1. The summed E-state index contributed by atoms with van der Waals surface area (Å²) in [4.78, 5) is 11.7. The lowest BCUT2D eigenvalue weighted by atomic mass is 10.0. The van der Waals surface area contributed by atoms with Crippen molar-refractivity contribution in [3.8, 4) is 11.1 Å². The first-order chi connectivity index (χ1) is 14.6. The van der Waals surface area contributed by atoms with E-state index in [0.29, 0.717) is 0 Å². The number of hydrogen-bond acceptors (Lipinski definition) is 5. The Labute approximate surface area is 177 Å². The highest BCUT2D eigenvalue weighted by atomic mass is 19.1. The fourth-order valence-electron chi connectivity index (χ4n) is 3.88. The molecule has 0 unspecified atom stereocenters. The average molecular weight is 406 g/mol. The fraction of sp³-hybridized carbons (Fsp3) is 0.333. The van der Waals surface area contributed by atoms with Crippen molar-refractivity contribution in [1.82, 2.24) is 20.2 Å². The lowest BCUT2D eigenvalue weighted by Gasteiger charge is -2.18. The monoisotopic (exact) mass is 405 g/mol. The van der Waals surface area contributed by atoms with Gasteiger partial charge in [-0.3, -0.25) is 4.90 Å². The van der Waals surface area contributed by atoms with Crippen LogP contribution in [0, 0.1) is 5.82 Å². The van der Waals surface area contributed by atoms with Crippen molar-refractivity contribution in [1.29, 1.82) is 0 Å². The smallest absolute Gasteiger partial charge is 0.147 e. The van der Waals surface area contributed by atoms with Crippen LogP contribution < -0.4 is 10.6 Å². The third-order valence-corrected chi connectivity index (χ3v) is 5.44. The zero-order valence-corrected chi connectivity index (χ0v) is 17.5. The predicted octanol–water partition coefficient (Wildman–Crippen LogP) is 4.38. The molecule has 6 heteroatoms. The van der Waals surface area contributed by atoms with Crippen molar-refractivity contribution in [3.05, 3.63) is 77.5 Å². The Bertz CT molecular complexity index is 966. The van der Waals surface area contributed by atoms with E-state index in [4.69, 9.17) is 4.98 Å². The molecular formula is C24H28FN5. The fourth-order valence-corrected chi connectivity index (χ4v) is 3.88. The van der Waals surface area contributed by atoms with Gasteiger partial charge in [0.25, 0.3) is 0 Å². The average Bonchev–Trinajstić information content (AvgIpc) is 3.30. The van der Waals surface area contributed by atoms with E-state index in [1.165, 1.54) is 24.1 Å². The molecule has 0 saturated carbocycles. The molecule has 0 bridgehead atoms. The van der Waals surface area contributed by atoms with Gasteiger partial charge in [-0.2, -0.15) is 0 Å². The molecule has 1 aliphatic rings. The van der Waals surface area contributed by atoms with Crippen molar-refractivity contribution < 1.29 is 4.39 Å². The molecule has 1 fully saturated rings. The second-order valence-corrected chi connectivity index (χ2v) is 7.88. The van der Waals surface area contributed by atoms with Crippen LogP contribution in [0.25, 0.3) is 11.1 Å². The maximum atomic E-state index is 13.1. The maximum Gasteiger partial charge on any atom is 0.147 e. The van der Waals surface area contributed by atoms with Gasteiger partial charge in [0, 0.05) is 26.2 Å². The first-order valence-electron chi connectivity index (χ1n) is 10.4. The number of anilines is 1. The topological polar surface area (TPSA) is 53.1 Å². The number of halogens is 1. The summed E-state index contributed by atoms with van der Waals surface area (Å²) in [5.41, 5.74) is 4.35. The van der Waals surface area contributed by atoms with Crippen molar-refractivity contribution in [2.75, 3.05) is 26.0 Å². The molecule has 0 aliphatic carbocycles. The molecule has 0 amide bonds. The number of hydrogen-bond donors (Lipinski definition) is 2. The molecule has 2 N–H and O–H groups in total. The lowest BCUT2D eigenvalue weighted by Crippen LogP contribution is -2.21. The Morgan fingerprint density at radius 3 is 2.37 bits per heavy atom. The summed E-state index contributed by atoms with van der Waals surface area (Å²) in [7, 11) is 3.99. The van der Waals surface area contributed by atoms with Crippen molar-refractivity contribution in [2.24, 2.45) is 0 Å². The van der Waals surface area contributed by atoms with Gasteiger partial charge in [-0.05, 0) is 55.3 Å². The van der Waals surface area contributed by atoms with Crippen LogP contribution in [-0.4, -0.2) is 35.5 Å². The SMILES string of the molecule is CNc1cc(CN(C)Cc2ccc(-c3ccc(F)cc3)cc2)nc([C@@H]2CCCN2)n1. The van der Waals surface area contributed by atoms with E-state index in [9.17, 15) is 4.39 Å². The number of rotatable bonds is 7. The van der Waals surface area contributed by atoms with Crippen LogP contribution in [0.3, 0.4) is 0 Å². The summed E-state index contributed by atoms with van der Waals surface area (Å²) < 4.78 is 13.1. The van der Waals surface area contributed by atoms with E-state index in [1.54, 1.807) is 0 Å². The third kappa shape index (κ3) is 5.01. The second-order valence-electron chi connectivity index (χ2n) is 7.88. The zero-order chi connectivity index (χ0) is 20.9. The molecule has 1 aromatic heterocycles. The number of aromatic nitrogens is 2. The van der Waals surface area contributed by atoms with Crippen molar-refractivity contribution in [2.45, 2.75) is 32.0 Å². The second kappa shape index (κ2) is 9.32. The minimum absolute atomic E-state index is 0.213. The van der Waals surface area contributed by atoms with Gasteiger partial charge in [0.05, 0.1) is 11.7 Å². The van der Waals surface area contributed by atoms with Crippen molar-refractivity contribution >= 4 is 5.82 Å². The van der Waals surface area contributed by atoms with Crippen LogP contribution in [0.15, 0.2) is 54.6 Å². The van der Waals surface area contributed by atoms with Crippen LogP contribution in [-0.2, 0) is 13.1 Å². The molecule has 0 spiro atoms. The zero-order valence-electron chi connectivity index (χ0n) is 17.5. The van der Waals surface area contributed by atoms with Crippen LogP contribution in [0.2, 0.25) is 0 Å². The van der Waals surface area contributed by atoms with E-state index >= 15 is 0 Å². The lowest BCUT2D eigenvalue weighted by molar-refractivity contribution is 0.314. The molecule has 1 aliphatic heterocycles. The summed E-state index contributed by atoms with van der Waals surface area (Å²) >= 11 is 0. The summed E-state index contributed by atoms with van der Waals surface area (Å²) in [5.74, 6) is 1.53. The predicted molar refractivity (Wildman–Crippen MR) is 119 cm³/mol. The Balaban J connectivity index is 1.42. The Morgan fingerprint density at radius 2 is 1.73 bits per heavy atom.